The van der Waals surface area contributed by atoms with Gasteiger partial charge in [-0.15, -0.1) is 11.3 Å². The van der Waals surface area contributed by atoms with Crippen molar-refractivity contribution in [2.45, 2.75) is 0 Å². The van der Waals surface area contributed by atoms with E-state index in [1.165, 1.54) is 11.3 Å². The van der Waals surface area contributed by atoms with Gasteiger partial charge in [-0.3, -0.25) is 0 Å². The minimum Gasteiger partial charge on any atom is -0.324 e. The van der Waals surface area contributed by atoms with E-state index in [0.29, 0.717) is 16.1 Å². The lowest BCUT2D eigenvalue weighted by Gasteiger charge is -2.05. The molecule has 0 atom stereocenters. The molecule has 0 aliphatic heterocycles. The highest BCUT2D eigenvalue weighted by Gasteiger charge is 2.07. The maximum atomic E-state index is 6.09. The zero-order valence-electron chi connectivity index (χ0n) is 9.02. The van der Waals surface area contributed by atoms with E-state index in [1.807, 2.05) is 29.6 Å². The van der Waals surface area contributed by atoms with Gasteiger partial charge in [0, 0.05) is 16.1 Å². The number of aromatic nitrogens is 2. The quantitative estimate of drug-likeness (QED) is 0.694. The third-order valence-electron chi connectivity index (χ3n) is 2.36. The van der Waals surface area contributed by atoms with Crippen molar-refractivity contribution in [3.63, 3.8) is 0 Å². The van der Waals surface area contributed by atoms with E-state index in [1.54, 1.807) is 6.07 Å². The van der Waals surface area contributed by atoms with Gasteiger partial charge in [-0.25, -0.2) is 9.97 Å². The number of nitrogens with one attached hydrogen (secondary N) is 1. The normalized spacial score (nSPS) is 10.8. The Hall–Kier alpha value is -1.36. The molecule has 90 valence electrons. The smallest absolute Gasteiger partial charge is 0.230 e. The van der Waals surface area contributed by atoms with Crippen molar-refractivity contribution < 1.29 is 0 Å². The molecular formula is C12H7Cl2N3S. The molecule has 0 saturated carbocycles. The van der Waals surface area contributed by atoms with Crippen LogP contribution in [0.1, 0.15) is 0 Å². The van der Waals surface area contributed by atoms with Gasteiger partial charge >= 0.3 is 0 Å². The Bertz CT molecular complexity index is 711. The number of rotatable bonds is 2. The van der Waals surface area contributed by atoms with Crippen molar-refractivity contribution in [2.75, 3.05) is 5.32 Å². The van der Waals surface area contributed by atoms with Gasteiger partial charge < -0.3 is 5.32 Å². The summed E-state index contributed by atoms with van der Waals surface area (Å²) in [7, 11) is 0. The second kappa shape index (κ2) is 4.72. The molecule has 0 amide bonds. The molecule has 0 bridgehead atoms. The van der Waals surface area contributed by atoms with Crippen LogP contribution in [-0.2, 0) is 0 Å². The summed E-state index contributed by atoms with van der Waals surface area (Å²) >= 11 is 13.5. The van der Waals surface area contributed by atoms with Crippen LogP contribution in [0.15, 0.2) is 35.7 Å². The lowest BCUT2D eigenvalue weighted by molar-refractivity contribution is 1.22. The first-order valence-electron chi connectivity index (χ1n) is 5.16. The van der Waals surface area contributed by atoms with Gasteiger partial charge in [0.25, 0.3) is 0 Å². The SMILES string of the molecule is Clc1cccc(Nc2nc(Cl)c3ccsc3n2)c1. The number of nitrogens with zero attached hydrogens (tertiary/aromatic N) is 2. The lowest BCUT2D eigenvalue weighted by atomic mass is 10.3. The van der Waals surface area contributed by atoms with E-state index in [4.69, 9.17) is 23.2 Å². The maximum absolute atomic E-state index is 6.09. The van der Waals surface area contributed by atoms with Crippen molar-refractivity contribution in [2.24, 2.45) is 0 Å². The fourth-order valence-electron chi connectivity index (χ4n) is 1.57. The third-order valence-corrected chi connectivity index (χ3v) is 3.69. The van der Waals surface area contributed by atoms with Crippen LogP contribution in [0, 0.1) is 0 Å². The third kappa shape index (κ3) is 2.27. The number of fused-ring (bicyclic) bond motifs is 1. The van der Waals surface area contributed by atoms with Crippen molar-refractivity contribution >= 4 is 56.4 Å². The molecular weight excluding hydrogens is 289 g/mol. The zero-order chi connectivity index (χ0) is 12.5. The number of thiophene rings is 1. The van der Waals surface area contributed by atoms with E-state index in [2.05, 4.69) is 15.3 Å². The monoisotopic (exact) mass is 295 g/mol. The summed E-state index contributed by atoms with van der Waals surface area (Å²) < 4.78 is 0. The Morgan fingerprint density at radius 1 is 1.11 bits per heavy atom. The maximum Gasteiger partial charge on any atom is 0.230 e. The van der Waals surface area contributed by atoms with Gasteiger partial charge in [0.05, 0.1) is 0 Å². The fourth-order valence-corrected chi connectivity index (χ4v) is 2.81. The summed E-state index contributed by atoms with van der Waals surface area (Å²) in [4.78, 5) is 9.46. The number of hydrogen-bond acceptors (Lipinski definition) is 4. The van der Waals surface area contributed by atoms with Crippen LogP contribution in [0.5, 0.6) is 0 Å². The standard InChI is InChI=1S/C12H7Cl2N3S/c13-7-2-1-3-8(6-7)15-12-16-10(14)9-4-5-18-11(9)17-12/h1-6H,(H,15,16,17). The average molecular weight is 296 g/mol. The summed E-state index contributed by atoms with van der Waals surface area (Å²) in [5.41, 5.74) is 0.828. The van der Waals surface area contributed by atoms with E-state index in [9.17, 15) is 0 Å². The van der Waals surface area contributed by atoms with Crippen molar-refractivity contribution in [3.05, 3.63) is 45.9 Å². The molecule has 3 aromatic rings. The summed E-state index contributed by atoms with van der Waals surface area (Å²) in [6.07, 6.45) is 0. The summed E-state index contributed by atoms with van der Waals surface area (Å²) in [5.74, 6) is 0.470. The van der Waals surface area contributed by atoms with Crippen LogP contribution in [0.3, 0.4) is 0 Å². The highest BCUT2D eigenvalue weighted by molar-refractivity contribution is 7.16. The molecule has 0 spiro atoms. The molecule has 0 saturated heterocycles. The van der Waals surface area contributed by atoms with Crippen LogP contribution < -0.4 is 5.32 Å². The highest BCUT2D eigenvalue weighted by atomic mass is 35.5. The molecule has 0 unspecified atom stereocenters. The molecule has 0 radical (unpaired) electrons. The molecule has 2 heterocycles. The molecule has 1 N–H and O–H groups in total. The molecule has 18 heavy (non-hydrogen) atoms. The van der Waals surface area contributed by atoms with Crippen LogP contribution >= 0.6 is 34.5 Å². The van der Waals surface area contributed by atoms with Crippen LogP contribution in [0.2, 0.25) is 10.2 Å². The molecule has 3 rings (SSSR count). The lowest BCUT2D eigenvalue weighted by Crippen LogP contribution is -1.96. The van der Waals surface area contributed by atoms with E-state index < -0.39 is 0 Å². The average Bonchev–Trinajstić information content (AvgIpc) is 2.77. The first-order valence-corrected chi connectivity index (χ1v) is 6.79. The van der Waals surface area contributed by atoms with Gasteiger partial charge in [0.2, 0.25) is 5.95 Å². The highest BCUT2D eigenvalue weighted by Crippen LogP contribution is 2.27. The predicted octanol–water partition coefficient (Wildman–Crippen LogP) is 4.74. The summed E-state index contributed by atoms with van der Waals surface area (Å²) in [6, 6.07) is 9.27. The summed E-state index contributed by atoms with van der Waals surface area (Å²) in [6.45, 7) is 0. The van der Waals surface area contributed by atoms with Crippen molar-refractivity contribution in [1.82, 2.24) is 9.97 Å². The minimum absolute atomic E-state index is 0.450. The predicted molar refractivity (Wildman–Crippen MR) is 77.2 cm³/mol. The molecule has 0 aliphatic carbocycles. The number of benzene rings is 1. The van der Waals surface area contributed by atoms with Crippen LogP contribution in [0.25, 0.3) is 10.2 Å². The van der Waals surface area contributed by atoms with Gasteiger partial charge in [-0.05, 0) is 29.6 Å². The topological polar surface area (TPSA) is 37.8 Å². The Morgan fingerprint density at radius 3 is 2.83 bits per heavy atom. The Labute approximate surface area is 117 Å². The van der Waals surface area contributed by atoms with Crippen LogP contribution in [0.4, 0.5) is 11.6 Å². The first kappa shape index (κ1) is 11.7. The second-order valence-electron chi connectivity index (χ2n) is 3.61. The molecule has 6 heteroatoms. The molecule has 1 aromatic carbocycles. The number of anilines is 2. The van der Waals surface area contributed by atoms with Gasteiger partial charge in [-0.2, -0.15) is 0 Å². The van der Waals surface area contributed by atoms with Gasteiger partial charge in [0.1, 0.15) is 9.98 Å². The van der Waals surface area contributed by atoms with Crippen molar-refractivity contribution in [1.29, 1.82) is 0 Å². The molecule has 2 aromatic heterocycles. The Kier molecular flexibility index (Phi) is 3.07. The minimum atomic E-state index is 0.450. The molecule has 3 nitrogen and oxygen atoms in total. The van der Waals surface area contributed by atoms with E-state index >= 15 is 0 Å². The molecule has 0 fully saturated rings. The Morgan fingerprint density at radius 2 is 2.00 bits per heavy atom. The Balaban J connectivity index is 1.99. The van der Waals surface area contributed by atoms with E-state index in [-0.39, 0.29) is 0 Å². The first-order chi connectivity index (χ1) is 8.72. The van der Waals surface area contributed by atoms with E-state index in [0.717, 1.165) is 15.9 Å². The zero-order valence-corrected chi connectivity index (χ0v) is 11.4. The number of halogens is 2. The van der Waals surface area contributed by atoms with Crippen LogP contribution in [-0.4, -0.2) is 9.97 Å². The van der Waals surface area contributed by atoms with Crippen molar-refractivity contribution in [3.8, 4) is 0 Å². The summed E-state index contributed by atoms with van der Waals surface area (Å²) in [5, 5.41) is 7.00. The van der Waals surface area contributed by atoms with Gasteiger partial charge in [-0.1, -0.05) is 29.3 Å². The molecule has 0 aliphatic rings. The van der Waals surface area contributed by atoms with Gasteiger partial charge in [0.15, 0.2) is 0 Å². The number of hydrogen-bond donors (Lipinski definition) is 1. The fraction of sp³-hybridized carbons (Fsp3) is 0. The largest absolute Gasteiger partial charge is 0.324 e. The second-order valence-corrected chi connectivity index (χ2v) is 5.30.